The van der Waals surface area contributed by atoms with Crippen LogP contribution in [0.1, 0.15) is 44.0 Å². The molecule has 2 fully saturated rings. The summed E-state index contributed by atoms with van der Waals surface area (Å²) in [7, 11) is 0. The van der Waals surface area contributed by atoms with Gasteiger partial charge in [0, 0.05) is 6.42 Å². The maximum Gasteiger partial charge on any atom is 0.426 e. The van der Waals surface area contributed by atoms with E-state index in [4.69, 9.17) is 14.3 Å². The monoisotopic (exact) mass is 363 g/mol. The normalized spacial score (nSPS) is 21.5. The van der Waals surface area contributed by atoms with Crippen molar-refractivity contribution in [2.45, 2.75) is 51.5 Å². The lowest BCUT2D eigenvalue weighted by Gasteiger charge is -2.21. The van der Waals surface area contributed by atoms with Crippen LogP contribution in [-0.2, 0) is 19.1 Å². The smallest absolute Gasteiger partial charge is 0.426 e. The fraction of sp³-hybridized carbons (Fsp3) is 0.471. The summed E-state index contributed by atoms with van der Waals surface area (Å²) in [5.74, 6) is -0.918. The Kier molecular flexibility index (Phi) is 4.73. The summed E-state index contributed by atoms with van der Waals surface area (Å²) in [5, 5.41) is 1.01. The summed E-state index contributed by atoms with van der Waals surface area (Å²) < 4.78 is 10.4. The van der Waals surface area contributed by atoms with Crippen LogP contribution in [0, 0.1) is 0 Å². The number of carbonyl (C=O) groups excluding carboxylic acids is 3. The number of fused-ring (bicyclic) bond motifs is 1. The lowest BCUT2D eigenvalue weighted by molar-refractivity contribution is -0.178. The van der Waals surface area contributed by atoms with Crippen LogP contribution in [0.4, 0.5) is 10.5 Å². The van der Waals surface area contributed by atoms with E-state index in [1.54, 1.807) is 32.9 Å². The molecule has 2 unspecified atom stereocenters. The first-order valence-electron chi connectivity index (χ1n) is 8.28. The number of ether oxygens (including phenoxy) is 2. The Morgan fingerprint density at radius 1 is 1.23 bits per heavy atom. The van der Waals surface area contributed by atoms with Crippen LogP contribution in [0.25, 0.3) is 0 Å². The molecule has 3 rings (SSSR count). The highest BCUT2D eigenvalue weighted by atomic mass is 16.8. The molecular weight excluding hydrogens is 342 g/mol. The molecule has 2 aliphatic rings. The van der Waals surface area contributed by atoms with Gasteiger partial charge in [-0.1, -0.05) is 0 Å². The van der Waals surface area contributed by atoms with Gasteiger partial charge in [-0.3, -0.25) is 10.2 Å². The second-order valence-electron chi connectivity index (χ2n) is 7.03. The van der Waals surface area contributed by atoms with Crippen molar-refractivity contribution < 1.29 is 28.7 Å². The molecule has 26 heavy (non-hydrogen) atoms. The average Bonchev–Trinajstić information content (AvgIpc) is 3.34. The van der Waals surface area contributed by atoms with Gasteiger partial charge in [0.1, 0.15) is 11.7 Å². The highest BCUT2D eigenvalue weighted by molar-refractivity contribution is 5.91. The van der Waals surface area contributed by atoms with E-state index in [1.807, 2.05) is 0 Å². The van der Waals surface area contributed by atoms with Crippen molar-refractivity contribution >= 4 is 23.7 Å². The number of hydroxylamine groups is 2. The molecule has 2 N–H and O–H groups in total. The van der Waals surface area contributed by atoms with E-state index in [-0.39, 0.29) is 17.6 Å². The van der Waals surface area contributed by atoms with Crippen LogP contribution in [0.3, 0.4) is 0 Å². The van der Waals surface area contributed by atoms with E-state index < -0.39 is 23.9 Å². The van der Waals surface area contributed by atoms with E-state index in [2.05, 4.69) is 10.9 Å². The minimum absolute atomic E-state index is 0.0361. The first kappa shape index (κ1) is 18.0. The van der Waals surface area contributed by atoms with Gasteiger partial charge in [-0.15, -0.1) is 5.06 Å². The molecule has 9 heteroatoms. The summed E-state index contributed by atoms with van der Waals surface area (Å²) in [5.41, 5.74) is 5.28. The zero-order valence-electron chi connectivity index (χ0n) is 14.8. The molecule has 0 spiro atoms. The predicted octanol–water partition coefficient (Wildman–Crippen LogP) is 1.96. The van der Waals surface area contributed by atoms with Gasteiger partial charge in [-0.25, -0.2) is 15.0 Å². The molecule has 2 aliphatic heterocycles. The van der Waals surface area contributed by atoms with Crippen molar-refractivity contribution in [3.63, 3.8) is 0 Å². The minimum atomic E-state index is -0.652. The number of hydrazine groups is 1. The Morgan fingerprint density at radius 2 is 1.92 bits per heavy atom. The van der Waals surface area contributed by atoms with Crippen LogP contribution in [-0.4, -0.2) is 41.0 Å². The molecule has 0 bridgehead atoms. The van der Waals surface area contributed by atoms with Gasteiger partial charge in [0.2, 0.25) is 0 Å². The molecule has 2 saturated heterocycles. The second kappa shape index (κ2) is 6.83. The number of nitrogens with zero attached hydrogens (tertiary/aromatic N) is 1. The SMILES string of the molecule is CC(C)(C)OC(=O)NNc1ccc(C(=O)ON2C(=O)CCC3OC32)cc1. The zero-order valence-corrected chi connectivity index (χ0v) is 14.8. The Balaban J connectivity index is 1.51. The maximum atomic E-state index is 12.2. The number of anilines is 1. The fourth-order valence-corrected chi connectivity index (χ4v) is 2.43. The standard InChI is InChI=1S/C17H21N3O6/c1-17(2,3)25-16(23)19-18-11-6-4-10(5-7-11)15(22)26-20-13(21)9-8-12-14(20)24-12/h4-7,12,14,18H,8-9H2,1-3H3,(H,19,23). The highest BCUT2D eigenvalue weighted by Gasteiger charge is 2.51. The Morgan fingerprint density at radius 3 is 2.58 bits per heavy atom. The number of carbonyl (C=O) groups is 3. The van der Waals surface area contributed by atoms with Crippen molar-refractivity contribution in [1.29, 1.82) is 0 Å². The van der Waals surface area contributed by atoms with Crippen LogP contribution < -0.4 is 10.9 Å². The molecule has 2 atom stereocenters. The molecule has 0 aliphatic carbocycles. The van der Waals surface area contributed by atoms with Gasteiger partial charge < -0.3 is 14.3 Å². The van der Waals surface area contributed by atoms with Crippen molar-refractivity contribution in [3.8, 4) is 0 Å². The molecule has 140 valence electrons. The first-order chi connectivity index (χ1) is 12.2. The third kappa shape index (κ3) is 4.42. The number of rotatable bonds is 4. The van der Waals surface area contributed by atoms with Gasteiger partial charge >= 0.3 is 12.1 Å². The van der Waals surface area contributed by atoms with E-state index in [0.717, 1.165) is 5.06 Å². The van der Waals surface area contributed by atoms with Gasteiger partial charge in [0.15, 0.2) is 6.23 Å². The molecule has 2 heterocycles. The van der Waals surface area contributed by atoms with Crippen molar-refractivity contribution in [1.82, 2.24) is 10.5 Å². The molecule has 2 amide bonds. The van der Waals surface area contributed by atoms with Crippen LogP contribution in [0.2, 0.25) is 0 Å². The molecular formula is C17H21N3O6. The van der Waals surface area contributed by atoms with Crippen molar-refractivity contribution in [3.05, 3.63) is 29.8 Å². The topological polar surface area (TPSA) is 110 Å². The van der Waals surface area contributed by atoms with Crippen molar-refractivity contribution in [2.75, 3.05) is 5.43 Å². The number of amides is 2. The summed E-state index contributed by atoms with van der Waals surface area (Å²) >= 11 is 0. The fourth-order valence-electron chi connectivity index (χ4n) is 2.43. The molecule has 0 aromatic heterocycles. The van der Waals surface area contributed by atoms with Gasteiger partial charge in [0.25, 0.3) is 5.91 Å². The number of nitrogens with one attached hydrogen (secondary N) is 2. The van der Waals surface area contributed by atoms with E-state index in [9.17, 15) is 14.4 Å². The number of epoxide rings is 1. The summed E-state index contributed by atoms with van der Waals surface area (Å²) in [6.07, 6.45) is -0.162. The lowest BCUT2D eigenvalue weighted by atomic mass is 10.1. The number of benzene rings is 1. The predicted molar refractivity (Wildman–Crippen MR) is 89.6 cm³/mol. The third-order valence-corrected chi connectivity index (χ3v) is 3.68. The van der Waals surface area contributed by atoms with Gasteiger partial charge in [-0.05, 0) is 51.5 Å². The quantitative estimate of drug-likeness (QED) is 0.621. The molecule has 9 nitrogen and oxygen atoms in total. The van der Waals surface area contributed by atoms with Crippen molar-refractivity contribution in [2.24, 2.45) is 0 Å². The maximum absolute atomic E-state index is 12.2. The second-order valence-corrected chi connectivity index (χ2v) is 7.03. The van der Waals surface area contributed by atoms with Crippen LogP contribution in [0.5, 0.6) is 0 Å². The van der Waals surface area contributed by atoms with Gasteiger partial charge in [-0.2, -0.15) is 0 Å². The Bertz CT molecular complexity index is 712. The largest absolute Gasteiger partial charge is 0.443 e. The lowest BCUT2D eigenvalue weighted by Crippen LogP contribution is -2.39. The third-order valence-electron chi connectivity index (χ3n) is 3.68. The summed E-state index contributed by atoms with van der Waals surface area (Å²) in [6, 6.07) is 6.20. The molecule has 0 radical (unpaired) electrons. The van der Waals surface area contributed by atoms with E-state index in [1.165, 1.54) is 12.1 Å². The van der Waals surface area contributed by atoms with Crippen LogP contribution in [0.15, 0.2) is 24.3 Å². The number of hydrogen-bond donors (Lipinski definition) is 2. The van der Waals surface area contributed by atoms with Crippen LogP contribution >= 0.6 is 0 Å². The van der Waals surface area contributed by atoms with Gasteiger partial charge in [0.05, 0.1) is 11.3 Å². The Hall–Kier alpha value is -2.81. The van der Waals surface area contributed by atoms with E-state index in [0.29, 0.717) is 18.5 Å². The Labute approximate surface area is 150 Å². The summed E-state index contributed by atoms with van der Waals surface area (Å²) in [4.78, 5) is 40.7. The minimum Gasteiger partial charge on any atom is -0.443 e. The number of hydrogen-bond acceptors (Lipinski definition) is 7. The summed E-state index contributed by atoms with van der Waals surface area (Å²) in [6.45, 7) is 5.28. The highest BCUT2D eigenvalue weighted by Crippen LogP contribution is 2.35. The average molecular weight is 363 g/mol. The first-order valence-corrected chi connectivity index (χ1v) is 8.28. The molecule has 0 saturated carbocycles. The molecule has 1 aromatic rings. The number of piperidine rings is 1. The molecule has 1 aromatic carbocycles. The zero-order chi connectivity index (χ0) is 18.9. The van der Waals surface area contributed by atoms with E-state index >= 15 is 0 Å².